The highest BCUT2D eigenvalue weighted by atomic mass is 35.5. The molecular formula is C24H28ClN3O2. The molecule has 6 heteroatoms. The summed E-state index contributed by atoms with van der Waals surface area (Å²) in [5.41, 5.74) is 4.10. The summed E-state index contributed by atoms with van der Waals surface area (Å²) in [5, 5.41) is 10.9. The molecule has 0 aliphatic heterocycles. The molecular weight excluding hydrogens is 398 g/mol. The van der Waals surface area contributed by atoms with E-state index in [0.29, 0.717) is 11.0 Å². The topological polar surface area (TPSA) is 75.1 Å². The number of benzene rings is 1. The number of allylic oxidation sites excluding steroid dienone is 4. The second-order valence-electron chi connectivity index (χ2n) is 7.51. The molecule has 30 heavy (non-hydrogen) atoms. The number of aliphatic hydroxyl groups excluding tert-OH is 1. The minimum Gasteiger partial charge on any atom is -0.400 e. The lowest BCUT2D eigenvalue weighted by atomic mass is 9.87. The fourth-order valence-electron chi connectivity index (χ4n) is 3.98. The standard InChI is InChI=1S/C23H24ClN3O.CH4O/c24-21-14-25-23(26-20-11-4-6-16(12-20)15-28)27-22(21)19-10-5-9-18(13-19)17-7-2-1-3-8-17;1-2/h2,5,7-10,13-16,20H,1,3-4,6,11-12H2,(H,25,26,27);2H,1H3. The van der Waals surface area contributed by atoms with Crippen LogP contribution < -0.4 is 5.32 Å². The van der Waals surface area contributed by atoms with Gasteiger partial charge in [0.2, 0.25) is 5.95 Å². The summed E-state index contributed by atoms with van der Waals surface area (Å²) in [5.74, 6) is 0.699. The maximum atomic E-state index is 11.1. The molecule has 0 amide bonds. The number of nitrogens with zero attached hydrogens (tertiary/aromatic N) is 2. The largest absolute Gasteiger partial charge is 0.400 e. The highest BCUT2D eigenvalue weighted by Gasteiger charge is 2.22. The Hall–Kier alpha value is -2.50. The molecule has 5 nitrogen and oxygen atoms in total. The molecule has 0 bridgehead atoms. The van der Waals surface area contributed by atoms with Gasteiger partial charge in [-0.05, 0) is 49.3 Å². The van der Waals surface area contributed by atoms with Crippen molar-refractivity contribution in [2.24, 2.45) is 5.92 Å². The predicted octanol–water partition coefficient (Wildman–Crippen LogP) is 5.31. The molecule has 2 aliphatic rings. The molecule has 2 atom stereocenters. The van der Waals surface area contributed by atoms with Gasteiger partial charge in [0.05, 0.1) is 16.9 Å². The van der Waals surface area contributed by atoms with Gasteiger partial charge in [0.15, 0.2) is 0 Å². The molecule has 4 rings (SSSR count). The first-order valence-electron chi connectivity index (χ1n) is 10.4. The monoisotopic (exact) mass is 425 g/mol. The van der Waals surface area contributed by atoms with Gasteiger partial charge in [-0.3, -0.25) is 0 Å². The Bertz CT molecular complexity index is 926. The molecule has 158 valence electrons. The van der Waals surface area contributed by atoms with Gasteiger partial charge in [-0.25, -0.2) is 9.97 Å². The van der Waals surface area contributed by atoms with Crippen LogP contribution in [0.25, 0.3) is 16.8 Å². The van der Waals surface area contributed by atoms with E-state index < -0.39 is 0 Å². The van der Waals surface area contributed by atoms with Gasteiger partial charge in [0.25, 0.3) is 0 Å². The average Bonchev–Trinajstić information content (AvgIpc) is 2.82. The van der Waals surface area contributed by atoms with Gasteiger partial charge in [-0.2, -0.15) is 0 Å². The number of aldehydes is 1. The van der Waals surface area contributed by atoms with Crippen LogP contribution in [0.5, 0.6) is 0 Å². The Kier molecular flexibility index (Phi) is 8.17. The van der Waals surface area contributed by atoms with Gasteiger partial charge in [-0.15, -0.1) is 0 Å². The Morgan fingerprint density at radius 2 is 2.03 bits per heavy atom. The highest BCUT2D eigenvalue weighted by molar-refractivity contribution is 6.32. The van der Waals surface area contributed by atoms with Crippen molar-refractivity contribution in [1.29, 1.82) is 0 Å². The molecule has 2 N–H and O–H groups in total. The smallest absolute Gasteiger partial charge is 0.223 e. The van der Waals surface area contributed by atoms with Crippen LogP contribution in [-0.4, -0.2) is 34.5 Å². The number of anilines is 1. The SMILES string of the molecule is CO.O=CC1CCCC(Nc2ncc(Cl)c(-c3cccc(C4=CCCC=C4)c3)n2)C1. The van der Waals surface area contributed by atoms with E-state index in [9.17, 15) is 4.79 Å². The molecule has 1 heterocycles. The minimum absolute atomic E-state index is 0.131. The van der Waals surface area contributed by atoms with Gasteiger partial charge < -0.3 is 15.2 Å². The summed E-state index contributed by atoms with van der Waals surface area (Å²) in [6, 6.07) is 8.53. The molecule has 1 aromatic heterocycles. The summed E-state index contributed by atoms with van der Waals surface area (Å²) in [6.45, 7) is 0. The van der Waals surface area contributed by atoms with Crippen LogP contribution >= 0.6 is 11.6 Å². The first kappa shape index (κ1) is 22.2. The Labute approximate surface area is 182 Å². The van der Waals surface area contributed by atoms with Crippen LogP contribution in [0.1, 0.15) is 44.1 Å². The molecule has 2 unspecified atom stereocenters. The lowest BCUT2D eigenvalue weighted by Crippen LogP contribution is -2.28. The number of carbonyl (C=O) groups is 1. The van der Waals surface area contributed by atoms with E-state index in [-0.39, 0.29) is 12.0 Å². The Morgan fingerprint density at radius 3 is 2.80 bits per heavy atom. The van der Waals surface area contributed by atoms with Crippen LogP contribution in [0.2, 0.25) is 5.02 Å². The van der Waals surface area contributed by atoms with Crippen molar-refractivity contribution in [3.05, 3.63) is 59.3 Å². The van der Waals surface area contributed by atoms with Gasteiger partial charge in [0, 0.05) is 24.6 Å². The number of hydrogen-bond acceptors (Lipinski definition) is 5. The molecule has 1 fully saturated rings. The molecule has 0 spiro atoms. The first-order valence-corrected chi connectivity index (χ1v) is 10.8. The zero-order valence-corrected chi connectivity index (χ0v) is 18.0. The summed E-state index contributed by atoms with van der Waals surface area (Å²) in [4.78, 5) is 20.2. The van der Waals surface area contributed by atoms with Crippen molar-refractivity contribution in [3.8, 4) is 11.3 Å². The zero-order chi connectivity index (χ0) is 21.3. The normalized spacial score (nSPS) is 20.6. The minimum atomic E-state index is 0.131. The van der Waals surface area contributed by atoms with E-state index in [1.807, 2.05) is 12.1 Å². The van der Waals surface area contributed by atoms with E-state index in [4.69, 9.17) is 21.7 Å². The van der Waals surface area contributed by atoms with Crippen molar-refractivity contribution in [1.82, 2.24) is 9.97 Å². The third-order valence-corrected chi connectivity index (χ3v) is 5.73. The second-order valence-corrected chi connectivity index (χ2v) is 7.92. The number of rotatable bonds is 5. The maximum absolute atomic E-state index is 11.1. The highest BCUT2D eigenvalue weighted by Crippen LogP contribution is 2.31. The zero-order valence-electron chi connectivity index (χ0n) is 17.2. The summed E-state index contributed by atoms with van der Waals surface area (Å²) in [7, 11) is 1.00. The lowest BCUT2D eigenvalue weighted by molar-refractivity contribution is -0.111. The third-order valence-electron chi connectivity index (χ3n) is 5.45. The van der Waals surface area contributed by atoms with E-state index in [1.165, 1.54) is 11.1 Å². The second kappa shape index (κ2) is 11.0. The Morgan fingerprint density at radius 1 is 1.20 bits per heavy atom. The number of halogens is 1. The number of nitrogens with one attached hydrogen (secondary N) is 1. The van der Waals surface area contributed by atoms with E-state index in [2.05, 4.69) is 40.7 Å². The van der Waals surface area contributed by atoms with E-state index in [0.717, 1.165) is 63.2 Å². The van der Waals surface area contributed by atoms with Gasteiger partial charge >= 0.3 is 0 Å². The van der Waals surface area contributed by atoms with Crippen molar-refractivity contribution in [2.75, 3.05) is 12.4 Å². The third kappa shape index (κ3) is 5.55. The van der Waals surface area contributed by atoms with Crippen molar-refractivity contribution < 1.29 is 9.90 Å². The maximum Gasteiger partial charge on any atom is 0.223 e. The number of carbonyl (C=O) groups excluding carboxylic acids is 1. The van der Waals surface area contributed by atoms with Gasteiger partial charge in [0.1, 0.15) is 6.29 Å². The Balaban J connectivity index is 0.00000124. The van der Waals surface area contributed by atoms with E-state index >= 15 is 0 Å². The van der Waals surface area contributed by atoms with E-state index in [1.54, 1.807) is 6.20 Å². The number of aliphatic hydroxyl groups is 1. The predicted molar refractivity (Wildman–Crippen MR) is 122 cm³/mol. The van der Waals surface area contributed by atoms with Crippen LogP contribution in [0.15, 0.2) is 48.7 Å². The molecule has 1 aromatic carbocycles. The average molecular weight is 426 g/mol. The fourth-order valence-corrected chi connectivity index (χ4v) is 4.18. The summed E-state index contributed by atoms with van der Waals surface area (Å²) in [6.07, 6.45) is 15.4. The molecule has 0 radical (unpaired) electrons. The molecule has 1 saturated carbocycles. The van der Waals surface area contributed by atoms with Crippen molar-refractivity contribution >= 4 is 29.4 Å². The fraction of sp³-hybridized carbons (Fsp3) is 0.375. The van der Waals surface area contributed by atoms with Crippen LogP contribution in [0.3, 0.4) is 0 Å². The van der Waals surface area contributed by atoms with Crippen molar-refractivity contribution in [2.45, 2.75) is 44.6 Å². The number of aromatic nitrogens is 2. The first-order chi connectivity index (χ1) is 14.7. The lowest BCUT2D eigenvalue weighted by Gasteiger charge is -2.26. The van der Waals surface area contributed by atoms with Crippen molar-refractivity contribution in [3.63, 3.8) is 0 Å². The molecule has 2 aliphatic carbocycles. The molecule has 2 aromatic rings. The van der Waals surface area contributed by atoms with Gasteiger partial charge in [-0.1, -0.05) is 54.4 Å². The summed E-state index contributed by atoms with van der Waals surface area (Å²) >= 11 is 6.43. The molecule has 0 saturated heterocycles. The van der Waals surface area contributed by atoms with Crippen LogP contribution in [-0.2, 0) is 4.79 Å². The summed E-state index contributed by atoms with van der Waals surface area (Å²) < 4.78 is 0. The van der Waals surface area contributed by atoms with Crippen LogP contribution in [0, 0.1) is 5.92 Å². The number of hydrogen-bond donors (Lipinski definition) is 2. The van der Waals surface area contributed by atoms with Crippen LogP contribution in [0.4, 0.5) is 5.95 Å². The quantitative estimate of drug-likeness (QED) is 0.635.